The summed E-state index contributed by atoms with van der Waals surface area (Å²) >= 11 is 0. The van der Waals surface area contributed by atoms with Crippen molar-refractivity contribution in [3.8, 4) is 0 Å². The Hall–Kier alpha value is -3.75. The van der Waals surface area contributed by atoms with Gasteiger partial charge in [-0.3, -0.25) is 24.1 Å². The van der Waals surface area contributed by atoms with E-state index >= 15 is 0 Å². The van der Waals surface area contributed by atoms with Gasteiger partial charge < -0.3 is 10.2 Å². The minimum absolute atomic E-state index is 0.190. The van der Waals surface area contributed by atoms with Crippen LogP contribution in [-0.2, 0) is 4.79 Å². The molecular formula is C18H15N5O4. The Morgan fingerprint density at radius 2 is 1.85 bits per heavy atom. The summed E-state index contributed by atoms with van der Waals surface area (Å²) in [4.78, 5) is 41.7. The summed E-state index contributed by atoms with van der Waals surface area (Å²) in [6, 6.07) is 13.3. The summed E-state index contributed by atoms with van der Waals surface area (Å²) in [5, 5.41) is 14.3. The van der Waals surface area contributed by atoms with E-state index in [-0.39, 0.29) is 17.4 Å². The fourth-order valence-electron chi connectivity index (χ4n) is 3.19. The number of nitrogens with one attached hydrogen (secondary N) is 1. The number of hydrogen-bond acceptors (Lipinski definition) is 6. The quantitative estimate of drug-likeness (QED) is 0.558. The molecule has 2 aromatic heterocycles. The van der Waals surface area contributed by atoms with Crippen molar-refractivity contribution in [1.29, 1.82) is 0 Å². The molecule has 1 unspecified atom stereocenters. The van der Waals surface area contributed by atoms with E-state index in [4.69, 9.17) is 0 Å². The molecule has 4 rings (SSSR count). The van der Waals surface area contributed by atoms with Gasteiger partial charge in [0.25, 0.3) is 0 Å². The van der Waals surface area contributed by atoms with Gasteiger partial charge in [-0.2, -0.15) is 0 Å². The lowest BCUT2D eigenvalue weighted by atomic mass is 10.2. The molecule has 1 aliphatic rings. The number of hydrogen-bond donors (Lipinski definition) is 1. The fourth-order valence-corrected chi connectivity index (χ4v) is 3.19. The zero-order chi connectivity index (χ0) is 19.0. The molecular weight excluding hydrogens is 350 g/mol. The number of aromatic nitrogens is 2. The van der Waals surface area contributed by atoms with E-state index in [0.717, 1.165) is 10.1 Å². The number of amides is 1. The topological polar surface area (TPSA) is 110 Å². The van der Waals surface area contributed by atoms with E-state index in [9.17, 15) is 19.7 Å². The summed E-state index contributed by atoms with van der Waals surface area (Å²) < 4.78 is 1.11. The van der Waals surface area contributed by atoms with Crippen LogP contribution in [0.1, 0.15) is 6.42 Å². The number of carbonyl (C=O) groups is 1. The van der Waals surface area contributed by atoms with Gasteiger partial charge in [0.1, 0.15) is 11.7 Å². The van der Waals surface area contributed by atoms with Gasteiger partial charge in [0, 0.05) is 18.4 Å². The molecule has 0 saturated carbocycles. The van der Waals surface area contributed by atoms with Crippen LogP contribution in [0.4, 0.5) is 17.2 Å². The van der Waals surface area contributed by atoms with E-state index in [1.165, 1.54) is 6.20 Å². The minimum atomic E-state index is -0.793. The highest BCUT2D eigenvalue weighted by atomic mass is 16.6. The van der Waals surface area contributed by atoms with Gasteiger partial charge in [-0.25, -0.2) is 4.98 Å². The third-order valence-corrected chi connectivity index (χ3v) is 4.48. The van der Waals surface area contributed by atoms with E-state index in [0.29, 0.717) is 13.0 Å². The number of pyridine rings is 1. The summed E-state index contributed by atoms with van der Waals surface area (Å²) in [7, 11) is 0. The van der Waals surface area contributed by atoms with Crippen LogP contribution in [0.25, 0.3) is 5.65 Å². The molecule has 0 radical (unpaired) electrons. The zero-order valence-electron chi connectivity index (χ0n) is 14.1. The monoisotopic (exact) mass is 365 g/mol. The largest absolute Gasteiger partial charge is 0.376 e. The number of nitrogens with zero attached hydrogens (tertiary/aromatic N) is 4. The molecule has 3 aromatic rings. The third-order valence-electron chi connectivity index (χ3n) is 4.48. The maximum atomic E-state index is 12.7. The molecule has 1 N–H and O–H groups in total. The number of fused-ring (bicyclic) bond motifs is 1. The molecule has 9 heteroatoms. The second-order valence-electron chi connectivity index (χ2n) is 6.11. The van der Waals surface area contributed by atoms with Crippen LogP contribution in [0, 0.1) is 10.1 Å². The Kier molecular flexibility index (Phi) is 4.03. The van der Waals surface area contributed by atoms with Gasteiger partial charge >= 0.3 is 11.2 Å². The average Bonchev–Trinajstić information content (AvgIpc) is 3.03. The highest BCUT2D eigenvalue weighted by molar-refractivity contribution is 6.01. The maximum Gasteiger partial charge on any atom is 0.376 e. The van der Waals surface area contributed by atoms with Gasteiger partial charge in [0.05, 0.1) is 4.92 Å². The van der Waals surface area contributed by atoms with Crippen LogP contribution in [0.5, 0.6) is 0 Å². The molecule has 1 saturated heterocycles. The van der Waals surface area contributed by atoms with Crippen LogP contribution < -0.4 is 15.8 Å². The molecule has 1 aliphatic heterocycles. The highest BCUT2D eigenvalue weighted by Gasteiger charge is 2.35. The number of para-hydroxylation sites is 1. The maximum absolute atomic E-state index is 12.7. The van der Waals surface area contributed by atoms with Crippen molar-refractivity contribution in [2.45, 2.75) is 12.5 Å². The molecule has 0 aliphatic carbocycles. The first-order chi connectivity index (χ1) is 13.1. The van der Waals surface area contributed by atoms with Crippen molar-refractivity contribution in [2.75, 3.05) is 16.8 Å². The molecule has 27 heavy (non-hydrogen) atoms. The van der Waals surface area contributed by atoms with E-state index < -0.39 is 22.2 Å². The first-order valence-electron chi connectivity index (χ1n) is 8.35. The molecule has 1 aromatic carbocycles. The van der Waals surface area contributed by atoms with E-state index in [1.807, 2.05) is 30.3 Å². The second kappa shape index (κ2) is 6.52. The SMILES string of the molecule is O=C1C(Nc2nc3ccccn3c(=O)c2[N+](=O)[O-])CCN1c1ccccc1. The lowest BCUT2D eigenvalue weighted by molar-refractivity contribution is -0.385. The van der Waals surface area contributed by atoms with Crippen LogP contribution in [0.3, 0.4) is 0 Å². The fraction of sp³-hybridized carbons (Fsp3) is 0.167. The number of benzene rings is 1. The molecule has 1 atom stereocenters. The molecule has 9 nitrogen and oxygen atoms in total. The average molecular weight is 365 g/mol. The Balaban J connectivity index is 1.70. The second-order valence-corrected chi connectivity index (χ2v) is 6.11. The van der Waals surface area contributed by atoms with Crippen molar-refractivity contribution in [1.82, 2.24) is 9.38 Å². The third kappa shape index (κ3) is 2.88. The van der Waals surface area contributed by atoms with Gasteiger partial charge in [0.15, 0.2) is 0 Å². The molecule has 3 heterocycles. The van der Waals surface area contributed by atoms with Gasteiger partial charge in [-0.1, -0.05) is 24.3 Å². The van der Waals surface area contributed by atoms with Crippen LogP contribution in [0.15, 0.2) is 59.5 Å². The van der Waals surface area contributed by atoms with E-state index in [2.05, 4.69) is 10.3 Å². The smallest absolute Gasteiger partial charge is 0.352 e. The van der Waals surface area contributed by atoms with Gasteiger partial charge in [0.2, 0.25) is 11.7 Å². The Bertz CT molecular complexity index is 1100. The zero-order valence-corrected chi connectivity index (χ0v) is 14.1. The minimum Gasteiger partial charge on any atom is -0.352 e. The van der Waals surface area contributed by atoms with Crippen molar-refractivity contribution in [3.63, 3.8) is 0 Å². The number of nitro groups is 1. The van der Waals surface area contributed by atoms with Crippen molar-refractivity contribution in [2.24, 2.45) is 0 Å². The Morgan fingerprint density at radius 3 is 2.59 bits per heavy atom. The Morgan fingerprint density at radius 1 is 1.11 bits per heavy atom. The van der Waals surface area contributed by atoms with Crippen molar-refractivity contribution < 1.29 is 9.72 Å². The van der Waals surface area contributed by atoms with Crippen molar-refractivity contribution in [3.05, 3.63) is 75.2 Å². The molecule has 0 spiro atoms. The molecule has 1 amide bonds. The lowest BCUT2D eigenvalue weighted by Gasteiger charge is -2.17. The highest BCUT2D eigenvalue weighted by Crippen LogP contribution is 2.25. The molecule has 1 fully saturated rings. The lowest BCUT2D eigenvalue weighted by Crippen LogP contribution is -2.34. The predicted molar refractivity (Wildman–Crippen MR) is 98.9 cm³/mol. The normalized spacial score (nSPS) is 16.7. The Labute approximate surface area is 153 Å². The first-order valence-corrected chi connectivity index (χ1v) is 8.35. The first kappa shape index (κ1) is 16.7. The standard InChI is InChI=1S/C18H15N5O4/c24-17-13(9-11-21(17)12-6-2-1-3-7-12)19-16-15(23(26)27)18(25)22-10-5-4-8-14(22)20-16/h1-8,10,13,19H,9,11H2. The summed E-state index contributed by atoms with van der Waals surface area (Å²) in [5.74, 6) is -0.407. The summed E-state index contributed by atoms with van der Waals surface area (Å²) in [6.45, 7) is 0.473. The number of carbonyl (C=O) groups excluding carboxylic acids is 1. The summed E-state index contributed by atoms with van der Waals surface area (Å²) in [5.41, 5.74) is -0.447. The summed E-state index contributed by atoms with van der Waals surface area (Å²) in [6.07, 6.45) is 1.86. The molecule has 0 bridgehead atoms. The van der Waals surface area contributed by atoms with Gasteiger partial charge in [-0.15, -0.1) is 0 Å². The molecule has 136 valence electrons. The van der Waals surface area contributed by atoms with Crippen LogP contribution >= 0.6 is 0 Å². The predicted octanol–water partition coefficient (Wildman–Crippen LogP) is 1.82. The van der Waals surface area contributed by atoms with Gasteiger partial charge in [-0.05, 0) is 30.7 Å². The number of anilines is 2. The number of rotatable bonds is 4. The van der Waals surface area contributed by atoms with Crippen LogP contribution in [-0.4, -0.2) is 32.8 Å². The van der Waals surface area contributed by atoms with E-state index in [1.54, 1.807) is 23.1 Å². The van der Waals surface area contributed by atoms with Crippen molar-refractivity contribution >= 4 is 28.7 Å². The van der Waals surface area contributed by atoms with Crippen LogP contribution in [0.2, 0.25) is 0 Å².